The van der Waals surface area contributed by atoms with Gasteiger partial charge in [-0.2, -0.15) is 0 Å². The number of nitrogens with zero attached hydrogens (tertiary/aromatic N) is 4. The normalized spacial score (nSPS) is 10.5. The number of nitro groups is 1. The lowest BCUT2D eigenvalue weighted by Gasteiger charge is -2.19. The van der Waals surface area contributed by atoms with Gasteiger partial charge in [-0.25, -0.2) is 9.97 Å². The van der Waals surface area contributed by atoms with Gasteiger partial charge >= 0.3 is 5.69 Å². The summed E-state index contributed by atoms with van der Waals surface area (Å²) in [5.41, 5.74) is -0.0637. The molecule has 2 aromatic rings. The van der Waals surface area contributed by atoms with Crippen molar-refractivity contribution in [2.75, 3.05) is 18.0 Å². The molecule has 116 valence electrons. The van der Waals surface area contributed by atoms with E-state index in [1.807, 2.05) is 18.7 Å². The molecular weight excluding hydrogens is 324 g/mol. The fourth-order valence-corrected chi connectivity index (χ4v) is 2.94. The van der Waals surface area contributed by atoms with Crippen molar-refractivity contribution in [1.82, 2.24) is 9.97 Å². The highest BCUT2D eigenvalue weighted by atomic mass is 35.5. The Kier molecular flexibility index (Phi) is 5.57. The molecule has 0 spiro atoms. The maximum atomic E-state index is 11.5. The Morgan fingerprint density at radius 2 is 1.86 bits per heavy atom. The Hall–Kier alpha value is -1.86. The molecule has 1 aromatic carbocycles. The molecule has 0 unspecified atom stereocenters. The molecule has 1 heterocycles. The summed E-state index contributed by atoms with van der Waals surface area (Å²) in [7, 11) is 0. The van der Waals surface area contributed by atoms with E-state index in [4.69, 9.17) is 11.6 Å². The van der Waals surface area contributed by atoms with Crippen LogP contribution in [-0.4, -0.2) is 28.0 Å². The molecule has 0 N–H and O–H groups in total. The third kappa shape index (κ3) is 3.66. The molecular formula is C14H15ClN4O2S. The molecule has 0 aliphatic carbocycles. The van der Waals surface area contributed by atoms with Gasteiger partial charge in [0.05, 0.1) is 4.92 Å². The van der Waals surface area contributed by atoms with Crippen molar-refractivity contribution >= 4 is 34.9 Å². The number of benzene rings is 1. The van der Waals surface area contributed by atoms with E-state index in [1.54, 1.807) is 24.3 Å². The first-order chi connectivity index (χ1) is 10.6. The van der Waals surface area contributed by atoms with Crippen LogP contribution in [0.5, 0.6) is 0 Å². The molecule has 0 amide bonds. The third-order valence-electron chi connectivity index (χ3n) is 3.04. The third-order valence-corrected chi connectivity index (χ3v) is 4.30. The van der Waals surface area contributed by atoms with Gasteiger partial charge in [0.2, 0.25) is 5.82 Å². The van der Waals surface area contributed by atoms with Crippen LogP contribution in [0.15, 0.2) is 40.5 Å². The van der Waals surface area contributed by atoms with E-state index in [2.05, 4.69) is 9.97 Å². The van der Waals surface area contributed by atoms with Crippen LogP contribution in [0.3, 0.4) is 0 Å². The second kappa shape index (κ2) is 7.42. The molecule has 6 nitrogen and oxygen atoms in total. The molecule has 0 atom stereocenters. The van der Waals surface area contributed by atoms with Crippen LogP contribution in [0.25, 0.3) is 0 Å². The first-order valence-electron chi connectivity index (χ1n) is 6.74. The number of aromatic nitrogens is 2. The lowest BCUT2D eigenvalue weighted by atomic mass is 10.4. The maximum absolute atomic E-state index is 11.5. The van der Waals surface area contributed by atoms with Crippen LogP contribution in [0.4, 0.5) is 11.5 Å². The second-order valence-corrected chi connectivity index (χ2v) is 5.84. The van der Waals surface area contributed by atoms with Gasteiger partial charge in [-0.05, 0) is 38.1 Å². The Morgan fingerprint density at radius 1 is 1.23 bits per heavy atom. The summed E-state index contributed by atoms with van der Waals surface area (Å²) in [4.78, 5) is 21.9. The van der Waals surface area contributed by atoms with E-state index in [0.717, 1.165) is 4.90 Å². The smallest absolute Gasteiger partial charge is 0.343 e. The molecule has 1 aromatic heterocycles. The van der Waals surface area contributed by atoms with Crippen LogP contribution in [0, 0.1) is 10.1 Å². The highest BCUT2D eigenvalue weighted by Crippen LogP contribution is 2.38. The summed E-state index contributed by atoms with van der Waals surface area (Å²) in [5.74, 6) is 0.349. The quantitative estimate of drug-likeness (QED) is 0.449. The van der Waals surface area contributed by atoms with Crippen molar-refractivity contribution in [2.24, 2.45) is 0 Å². The molecule has 0 fully saturated rings. The number of anilines is 1. The molecule has 0 aliphatic rings. The Bertz CT molecular complexity index is 662. The highest BCUT2D eigenvalue weighted by Gasteiger charge is 2.26. The number of halogens is 1. The summed E-state index contributed by atoms with van der Waals surface area (Å²) >= 11 is 7.08. The molecule has 0 bridgehead atoms. The number of hydrogen-bond acceptors (Lipinski definition) is 6. The van der Waals surface area contributed by atoms with Gasteiger partial charge in [0, 0.05) is 23.0 Å². The Balaban J connectivity index is 2.44. The SMILES string of the molecule is CCN(CC)c1ncnc(Sc2ccc(Cl)cc2)c1[N+](=O)[O-]. The van der Waals surface area contributed by atoms with Crippen molar-refractivity contribution < 1.29 is 4.92 Å². The van der Waals surface area contributed by atoms with Crippen molar-refractivity contribution in [1.29, 1.82) is 0 Å². The van der Waals surface area contributed by atoms with Crippen molar-refractivity contribution in [3.8, 4) is 0 Å². The van der Waals surface area contributed by atoms with Gasteiger partial charge in [0.15, 0.2) is 5.03 Å². The minimum Gasteiger partial charge on any atom is -0.351 e. The Labute approximate surface area is 137 Å². The standard InChI is InChI=1S/C14H15ClN4O2S/c1-3-18(4-2)13-12(19(20)21)14(17-9-16-13)22-11-7-5-10(15)6-8-11/h5-9H,3-4H2,1-2H3. The zero-order valence-electron chi connectivity index (χ0n) is 12.2. The van der Waals surface area contributed by atoms with Crippen molar-refractivity contribution in [3.05, 3.63) is 45.7 Å². The molecule has 22 heavy (non-hydrogen) atoms. The van der Waals surface area contributed by atoms with Gasteiger partial charge in [-0.3, -0.25) is 10.1 Å². The van der Waals surface area contributed by atoms with Gasteiger partial charge in [0.25, 0.3) is 0 Å². The lowest BCUT2D eigenvalue weighted by molar-refractivity contribution is -0.387. The minimum atomic E-state index is -0.425. The predicted octanol–water partition coefficient (Wildman–Crippen LogP) is 4.04. The van der Waals surface area contributed by atoms with E-state index in [1.165, 1.54) is 18.1 Å². The van der Waals surface area contributed by atoms with E-state index in [-0.39, 0.29) is 5.69 Å². The van der Waals surface area contributed by atoms with Gasteiger partial charge in [0.1, 0.15) is 6.33 Å². The van der Waals surface area contributed by atoms with Gasteiger partial charge < -0.3 is 4.90 Å². The first-order valence-corrected chi connectivity index (χ1v) is 7.94. The van der Waals surface area contributed by atoms with Crippen LogP contribution < -0.4 is 4.90 Å². The highest BCUT2D eigenvalue weighted by molar-refractivity contribution is 7.99. The fourth-order valence-electron chi connectivity index (χ4n) is 1.96. The summed E-state index contributed by atoms with van der Waals surface area (Å²) in [6.45, 7) is 5.14. The predicted molar refractivity (Wildman–Crippen MR) is 87.8 cm³/mol. The van der Waals surface area contributed by atoms with Crippen LogP contribution in [0.2, 0.25) is 5.02 Å². The van der Waals surface area contributed by atoms with Gasteiger partial charge in [-0.15, -0.1) is 0 Å². The van der Waals surface area contributed by atoms with Gasteiger partial charge in [-0.1, -0.05) is 23.4 Å². The number of hydrogen-bond donors (Lipinski definition) is 0. The van der Waals surface area contributed by atoms with E-state index in [9.17, 15) is 10.1 Å². The average Bonchev–Trinajstić information content (AvgIpc) is 2.51. The van der Waals surface area contributed by atoms with Crippen molar-refractivity contribution in [3.63, 3.8) is 0 Å². The molecule has 2 rings (SSSR count). The summed E-state index contributed by atoms with van der Waals surface area (Å²) in [6, 6.07) is 7.08. The molecule has 0 radical (unpaired) electrons. The molecule has 0 aliphatic heterocycles. The fraction of sp³-hybridized carbons (Fsp3) is 0.286. The van der Waals surface area contributed by atoms with Crippen LogP contribution >= 0.6 is 23.4 Å². The van der Waals surface area contributed by atoms with Crippen LogP contribution in [0.1, 0.15) is 13.8 Å². The van der Waals surface area contributed by atoms with Crippen molar-refractivity contribution in [2.45, 2.75) is 23.8 Å². The van der Waals surface area contributed by atoms with E-state index in [0.29, 0.717) is 29.0 Å². The summed E-state index contributed by atoms with van der Waals surface area (Å²) in [6.07, 6.45) is 1.36. The molecule has 8 heteroatoms. The lowest BCUT2D eigenvalue weighted by Crippen LogP contribution is -2.24. The number of rotatable bonds is 6. The van der Waals surface area contributed by atoms with Crippen LogP contribution in [-0.2, 0) is 0 Å². The minimum absolute atomic E-state index is 0.0637. The largest absolute Gasteiger partial charge is 0.351 e. The topological polar surface area (TPSA) is 72.2 Å². The maximum Gasteiger partial charge on any atom is 0.343 e. The monoisotopic (exact) mass is 338 g/mol. The van der Waals surface area contributed by atoms with E-state index < -0.39 is 4.92 Å². The summed E-state index contributed by atoms with van der Waals surface area (Å²) in [5, 5.41) is 12.4. The summed E-state index contributed by atoms with van der Waals surface area (Å²) < 4.78 is 0. The molecule has 0 saturated carbocycles. The Morgan fingerprint density at radius 3 is 2.41 bits per heavy atom. The average molecular weight is 339 g/mol. The zero-order valence-corrected chi connectivity index (χ0v) is 13.8. The second-order valence-electron chi connectivity index (χ2n) is 4.34. The zero-order chi connectivity index (χ0) is 16.1. The molecule has 0 saturated heterocycles. The van der Waals surface area contributed by atoms with E-state index >= 15 is 0 Å². The first kappa shape index (κ1) is 16.5.